The number of carbonyl (C=O) groups is 1. The van der Waals surface area contributed by atoms with Crippen LogP contribution in [-0.4, -0.2) is 50.3 Å². The van der Waals surface area contributed by atoms with Crippen molar-refractivity contribution in [2.45, 2.75) is 6.10 Å². The van der Waals surface area contributed by atoms with Gasteiger partial charge in [0.15, 0.2) is 5.76 Å². The Hall–Kier alpha value is -2.72. The van der Waals surface area contributed by atoms with Gasteiger partial charge >= 0.3 is 0 Å². The highest BCUT2D eigenvalue weighted by atomic mass is 35.5. The Balaban J connectivity index is 0.00000280. The molecule has 0 aliphatic carbocycles. The van der Waals surface area contributed by atoms with Crippen LogP contribution in [0.3, 0.4) is 0 Å². The summed E-state index contributed by atoms with van der Waals surface area (Å²) in [4.78, 5) is 24.2. The van der Waals surface area contributed by atoms with E-state index in [0.717, 1.165) is 0 Å². The molecule has 3 aromatic heterocycles. The molecule has 0 saturated carbocycles. The van der Waals surface area contributed by atoms with Crippen LogP contribution < -0.4 is 10.6 Å². The van der Waals surface area contributed by atoms with Crippen LogP contribution in [0.15, 0.2) is 47.3 Å². The van der Waals surface area contributed by atoms with Gasteiger partial charge in [0, 0.05) is 12.7 Å². The molecule has 11 heteroatoms. The summed E-state index contributed by atoms with van der Waals surface area (Å²) in [5.41, 5.74) is 1.33. The summed E-state index contributed by atoms with van der Waals surface area (Å²) in [6, 6.07) is 6.80. The summed E-state index contributed by atoms with van der Waals surface area (Å²) in [5.74, 6) is 0.0156. The molecule has 0 aliphatic rings. The highest BCUT2D eigenvalue weighted by Crippen LogP contribution is 2.23. The fourth-order valence-electron chi connectivity index (χ4n) is 2.06. The third kappa shape index (κ3) is 5.64. The normalized spacial score (nSPS) is 11.4. The number of halogens is 2. The van der Waals surface area contributed by atoms with Gasteiger partial charge in [-0.05, 0) is 24.3 Å². The average molecular weight is 426 g/mol. The van der Waals surface area contributed by atoms with E-state index >= 15 is 0 Å². The molecule has 0 radical (unpaired) electrons. The molecule has 28 heavy (non-hydrogen) atoms. The predicted molar refractivity (Wildman–Crippen MR) is 105 cm³/mol. The van der Waals surface area contributed by atoms with E-state index in [4.69, 9.17) is 21.1 Å². The Kier molecular flexibility index (Phi) is 7.70. The summed E-state index contributed by atoms with van der Waals surface area (Å²) in [6.07, 6.45) is 3.48. The third-order valence-corrected chi connectivity index (χ3v) is 3.67. The third-order valence-electron chi connectivity index (χ3n) is 3.44. The van der Waals surface area contributed by atoms with Crippen LogP contribution in [0.2, 0.25) is 5.02 Å². The van der Waals surface area contributed by atoms with Gasteiger partial charge in [0.2, 0.25) is 0 Å². The monoisotopic (exact) mass is 425 g/mol. The lowest BCUT2D eigenvalue weighted by atomic mass is 10.3. The van der Waals surface area contributed by atoms with E-state index in [1.807, 2.05) is 0 Å². The molecular weight excluding hydrogens is 409 g/mol. The Labute approximate surface area is 171 Å². The minimum atomic E-state index is -1.01. The minimum absolute atomic E-state index is 0. The molecule has 3 heterocycles. The molecule has 148 valence electrons. The van der Waals surface area contributed by atoms with Crippen molar-refractivity contribution in [1.82, 2.24) is 20.3 Å². The van der Waals surface area contributed by atoms with Crippen LogP contribution in [0.25, 0.3) is 11.5 Å². The van der Waals surface area contributed by atoms with Crippen LogP contribution in [0.1, 0.15) is 10.5 Å². The van der Waals surface area contributed by atoms with E-state index in [1.54, 1.807) is 18.2 Å². The first-order chi connectivity index (χ1) is 13.0. The molecule has 3 rings (SSSR count). The first-order valence-electron chi connectivity index (χ1n) is 7.93. The fraction of sp³-hybridized carbons (Fsp3) is 0.176. The second-order valence-corrected chi connectivity index (χ2v) is 5.93. The summed E-state index contributed by atoms with van der Waals surface area (Å²) >= 11 is 5.81. The Morgan fingerprint density at radius 3 is 2.61 bits per heavy atom. The van der Waals surface area contributed by atoms with Crippen LogP contribution in [0.5, 0.6) is 0 Å². The molecule has 1 atom stereocenters. The topological polar surface area (TPSA) is 133 Å². The molecule has 0 aromatic carbocycles. The maximum atomic E-state index is 11.9. The Morgan fingerprint density at radius 2 is 1.96 bits per heavy atom. The van der Waals surface area contributed by atoms with Gasteiger partial charge in [-0.25, -0.2) is 9.97 Å². The van der Waals surface area contributed by atoms with Crippen LogP contribution in [0, 0.1) is 0 Å². The van der Waals surface area contributed by atoms with Gasteiger partial charge in [0.25, 0.3) is 11.9 Å². The minimum Gasteiger partial charge on any atom is -0.422 e. The number of hydrogen-bond acceptors (Lipinski definition) is 8. The summed E-state index contributed by atoms with van der Waals surface area (Å²) in [7, 11) is 0. The second-order valence-electron chi connectivity index (χ2n) is 5.49. The van der Waals surface area contributed by atoms with Crippen molar-refractivity contribution in [3.63, 3.8) is 0 Å². The van der Waals surface area contributed by atoms with Gasteiger partial charge in [0.05, 0.1) is 35.8 Å². The van der Waals surface area contributed by atoms with Gasteiger partial charge in [0.1, 0.15) is 11.4 Å². The highest BCUT2D eigenvalue weighted by Gasteiger charge is 2.11. The lowest BCUT2D eigenvalue weighted by Crippen LogP contribution is -2.34. The number of amides is 1. The smallest absolute Gasteiger partial charge is 0.299 e. The van der Waals surface area contributed by atoms with Crippen molar-refractivity contribution < 1.29 is 19.4 Å². The van der Waals surface area contributed by atoms with E-state index in [2.05, 4.69) is 25.6 Å². The fourth-order valence-corrected chi connectivity index (χ4v) is 2.17. The average Bonchev–Trinajstić information content (AvgIpc) is 3.15. The van der Waals surface area contributed by atoms with E-state index in [1.165, 1.54) is 24.7 Å². The zero-order valence-electron chi connectivity index (χ0n) is 14.4. The van der Waals surface area contributed by atoms with Gasteiger partial charge in [-0.2, -0.15) is 0 Å². The van der Waals surface area contributed by atoms with Crippen molar-refractivity contribution in [2.24, 2.45) is 0 Å². The number of nitrogens with one attached hydrogen (secondary N) is 2. The van der Waals surface area contributed by atoms with Crippen molar-refractivity contribution in [3.05, 3.63) is 53.6 Å². The lowest BCUT2D eigenvalue weighted by molar-refractivity contribution is 0.0799. The number of aliphatic hydroxyl groups excluding tert-OH is 2. The Bertz CT molecular complexity index is 903. The first-order valence-corrected chi connectivity index (χ1v) is 8.31. The largest absolute Gasteiger partial charge is 0.422 e. The second kappa shape index (κ2) is 10.00. The number of oxazole rings is 1. The number of nitrogens with zero attached hydrogens (tertiary/aromatic N) is 3. The number of rotatable bonds is 7. The van der Waals surface area contributed by atoms with Gasteiger partial charge < -0.3 is 25.3 Å². The zero-order chi connectivity index (χ0) is 19.2. The van der Waals surface area contributed by atoms with Gasteiger partial charge in [-0.15, -0.1) is 12.4 Å². The van der Waals surface area contributed by atoms with Crippen molar-refractivity contribution in [3.8, 4) is 11.5 Å². The van der Waals surface area contributed by atoms with E-state index < -0.39 is 18.6 Å². The molecule has 0 aliphatic heterocycles. The van der Waals surface area contributed by atoms with E-state index in [9.17, 15) is 9.90 Å². The van der Waals surface area contributed by atoms with Crippen molar-refractivity contribution in [2.75, 3.05) is 18.5 Å². The molecule has 0 fully saturated rings. The number of carbonyl (C=O) groups excluding carboxylic acids is 1. The van der Waals surface area contributed by atoms with Crippen molar-refractivity contribution >= 4 is 41.6 Å². The number of anilines is 2. The molecule has 0 spiro atoms. The standard InChI is InChI=1S/C17H16ClN5O4.ClH/c18-10-1-3-13(19-5-10)15-8-22-17(27-15)23-11-2-4-14(20-6-11)16(26)21-7-12(25)9-24;/h1-6,8,12,24-25H,7,9H2,(H,21,26)(H,22,23);1H. The van der Waals surface area contributed by atoms with Crippen LogP contribution in [-0.2, 0) is 0 Å². The number of hydrogen-bond donors (Lipinski definition) is 4. The van der Waals surface area contributed by atoms with E-state index in [0.29, 0.717) is 22.2 Å². The first kappa shape index (κ1) is 21.6. The van der Waals surface area contributed by atoms with Gasteiger partial charge in [-0.1, -0.05) is 11.6 Å². The highest BCUT2D eigenvalue weighted by molar-refractivity contribution is 6.30. The number of aliphatic hydroxyl groups is 2. The summed E-state index contributed by atoms with van der Waals surface area (Å²) in [6.45, 7) is -0.491. The Morgan fingerprint density at radius 1 is 1.14 bits per heavy atom. The van der Waals surface area contributed by atoms with Crippen LogP contribution in [0.4, 0.5) is 11.7 Å². The maximum absolute atomic E-state index is 11.9. The molecular formula is C17H17Cl2N5O4. The SMILES string of the molecule is Cl.O=C(NCC(O)CO)c1ccc(Nc2ncc(-c3ccc(Cl)cn3)o2)cn1. The van der Waals surface area contributed by atoms with E-state index in [-0.39, 0.29) is 30.7 Å². The van der Waals surface area contributed by atoms with Crippen molar-refractivity contribution in [1.29, 1.82) is 0 Å². The number of aromatic nitrogens is 3. The molecule has 3 aromatic rings. The van der Waals surface area contributed by atoms with Crippen LogP contribution >= 0.6 is 24.0 Å². The number of pyridine rings is 2. The molecule has 0 bridgehead atoms. The molecule has 1 unspecified atom stereocenters. The molecule has 0 saturated heterocycles. The zero-order valence-corrected chi connectivity index (χ0v) is 15.9. The van der Waals surface area contributed by atoms with Gasteiger partial charge in [-0.3, -0.25) is 9.78 Å². The maximum Gasteiger partial charge on any atom is 0.299 e. The lowest BCUT2D eigenvalue weighted by Gasteiger charge is -2.08. The summed E-state index contributed by atoms with van der Waals surface area (Å²) < 4.78 is 5.58. The molecule has 4 N–H and O–H groups in total. The predicted octanol–water partition coefficient (Wildman–Crippen LogP) is 2.03. The molecule has 9 nitrogen and oxygen atoms in total. The molecule has 1 amide bonds. The quantitative estimate of drug-likeness (QED) is 0.451. The summed E-state index contributed by atoms with van der Waals surface area (Å²) in [5, 5.41) is 23.9.